The van der Waals surface area contributed by atoms with E-state index in [1.165, 1.54) is 17.3 Å². The fourth-order valence-electron chi connectivity index (χ4n) is 3.94. The Hall–Kier alpha value is -2.80. The molecular formula is C29H30Cl2N4OS. The highest BCUT2D eigenvalue weighted by molar-refractivity contribution is 8.00. The third-order valence-corrected chi connectivity index (χ3v) is 7.70. The molecule has 5 nitrogen and oxygen atoms in total. The zero-order valence-electron chi connectivity index (χ0n) is 21.5. The first-order chi connectivity index (χ1) is 17.5. The van der Waals surface area contributed by atoms with Crippen LogP contribution in [0.5, 0.6) is 0 Å². The van der Waals surface area contributed by atoms with Crippen molar-refractivity contribution in [3.8, 4) is 17.1 Å². The van der Waals surface area contributed by atoms with E-state index in [9.17, 15) is 4.79 Å². The molecule has 192 valence electrons. The van der Waals surface area contributed by atoms with Crippen LogP contribution in [0, 0.1) is 0 Å². The molecule has 0 aliphatic carbocycles. The molecule has 4 rings (SSSR count). The van der Waals surface area contributed by atoms with Crippen molar-refractivity contribution in [1.82, 2.24) is 20.1 Å². The smallest absolute Gasteiger partial charge is 0.233 e. The van der Waals surface area contributed by atoms with Gasteiger partial charge in [-0.15, -0.1) is 10.2 Å². The lowest BCUT2D eigenvalue weighted by Crippen LogP contribution is -2.33. The normalized spacial score (nSPS) is 13.3. The molecule has 0 aliphatic heterocycles. The number of para-hydroxylation sites is 1. The van der Waals surface area contributed by atoms with Gasteiger partial charge >= 0.3 is 0 Å². The maximum absolute atomic E-state index is 13.1. The van der Waals surface area contributed by atoms with Crippen LogP contribution in [0.4, 0.5) is 0 Å². The minimum absolute atomic E-state index is 0.0583. The molecule has 8 heteroatoms. The van der Waals surface area contributed by atoms with Crippen LogP contribution in [0.25, 0.3) is 17.1 Å². The van der Waals surface area contributed by atoms with Crippen LogP contribution in [-0.2, 0) is 10.2 Å². The Morgan fingerprint density at radius 3 is 2.24 bits per heavy atom. The number of hydrogen-bond acceptors (Lipinski definition) is 4. The van der Waals surface area contributed by atoms with Gasteiger partial charge in [0.2, 0.25) is 5.91 Å². The zero-order chi connectivity index (χ0) is 26.7. The number of nitrogens with zero attached hydrogens (tertiary/aromatic N) is 3. The summed E-state index contributed by atoms with van der Waals surface area (Å²) in [5, 5.41) is 13.4. The van der Waals surface area contributed by atoms with Gasteiger partial charge < -0.3 is 5.32 Å². The van der Waals surface area contributed by atoms with Crippen LogP contribution in [-0.4, -0.2) is 25.9 Å². The summed E-state index contributed by atoms with van der Waals surface area (Å²) in [7, 11) is 0. The molecule has 0 spiro atoms. The molecule has 1 amide bonds. The lowest BCUT2D eigenvalue weighted by Gasteiger charge is -2.20. The molecule has 2 unspecified atom stereocenters. The Morgan fingerprint density at radius 2 is 1.62 bits per heavy atom. The summed E-state index contributed by atoms with van der Waals surface area (Å²) in [6.45, 7) is 10.3. The van der Waals surface area contributed by atoms with Crippen LogP contribution in [0.1, 0.15) is 51.8 Å². The molecule has 0 saturated carbocycles. The third-order valence-electron chi connectivity index (χ3n) is 6.10. The standard InChI is InChI=1S/C29H30Cl2N4OS/c1-18(24-16-15-22(30)17-25(24)31)32-27(36)19(2)37-28-34-33-26(35(28)23-9-7-6-8-10-23)20-11-13-21(14-12-20)29(3,4)5/h6-19H,1-5H3,(H,32,36). The van der Waals surface area contributed by atoms with Crippen molar-refractivity contribution < 1.29 is 4.79 Å². The number of amides is 1. The third kappa shape index (κ3) is 6.38. The number of benzene rings is 3. The summed E-state index contributed by atoms with van der Waals surface area (Å²) in [5.41, 5.74) is 4.00. The lowest BCUT2D eigenvalue weighted by molar-refractivity contribution is -0.120. The Labute approximate surface area is 232 Å². The number of rotatable bonds is 7. The first-order valence-corrected chi connectivity index (χ1v) is 13.7. The molecule has 4 aromatic rings. The molecular weight excluding hydrogens is 523 g/mol. The topological polar surface area (TPSA) is 59.8 Å². The summed E-state index contributed by atoms with van der Waals surface area (Å²) in [4.78, 5) is 13.1. The quantitative estimate of drug-likeness (QED) is 0.237. The van der Waals surface area contributed by atoms with Gasteiger partial charge in [-0.2, -0.15) is 0 Å². The van der Waals surface area contributed by atoms with E-state index >= 15 is 0 Å². The second kappa shape index (κ2) is 11.3. The second-order valence-electron chi connectivity index (χ2n) is 9.96. The number of hydrogen-bond donors (Lipinski definition) is 1. The Bertz CT molecular complexity index is 1380. The summed E-state index contributed by atoms with van der Waals surface area (Å²) >= 11 is 13.7. The second-order valence-corrected chi connectivity index (χ2v) is 12.1. The number of nitrogens with one attached hydrogen (secondary N) is 1. The lowest BCUT2D eigenvalue weighted by atomic mass is 9.87. The number of halogens is 2. The van der Waals surface area contributed by atoms with Crippen molar-refractivity contribution >= 4 is 40.9 Å². The van der Waals surface area contributed by atoms with E-state index < -0.39 is 5.25 Å². The van der Waals surface area contributed by atoms with Crippen LogP contribution in [0.15, 0.2) is 78.0 Å². The van der Waals surface area contributed by atoms with Gasteiger partial charge in [0.15, 0.2) is 11.0 Å². The zero-order valence-corrected chi connectivity index (χ0v) is 23.8. The highest BCUT2D eigenvalue weighted by Gasteiger charge is 2.24. The van der Waals surface area contributed by atoms with Gasteiger partial charge in [0.1, 0.15) is 0 Å². The molecule has 0 saturated heterocycles. The fraction of sp³-hybridized carbons (Fsp3) is 0.276. The Balaban J connectivity index is 1.59. The van der Waals surface area contributed by atoms with Gasteiger partial charge in [-0.05, 0) is 54.7 Å². The summed E-state index contributed by atoms with van der Waals surface area (Å²) in [6.07, 6.45) is 0. The van der Waals surface area contributed by atoms with Crippen molar-refractivity contribution in [2.45, 2.75) is 56.5 Å². The summed E-state index contributed by atoms with van der Waals surface area (Å²) in [6, 6.07) is 23.4. The van der Waals surface area contributed by atoms with E-state index in [0.29, 0.717) is 15.2 Å². The minimum atomic E-state index is -0.420. The van der Waals surface area contributed by atoms with Crippen molar-refractivity contribution in [2.24, 2.45) is 0 Å². The summed E-state index contributed by atoms with van der Waals surface area (Å²) < 4.78 is 2.00. The SMILES string of the molecule is CC(Sc1nnc(-c2ccc(C(C)(C)C)cc2)n1-c1ccccc1)C(=O)NC(C)c1ccc(Cl)cc1Cl. The average Bonchev–Trinajstić information content (AvgIpc) is 3.27. The van der Waals surface area contributed by atoms with Crippen LogP contribution >= 0.6 is 35.0 Å². The maximum atomic E-state index is 13.1. The largest absolute Gasteiger partial charge is 0.349 e. The first-order valence-electron chi connectivity index (χ1n) is 12.1. The molecule has 2 atom stereocenters. The summed E-state index contributed by atoms with van der Waals surface area (Å²) in [5.74, 6) is 0.602. The highest BCUT2D eigenvalue weighted by atomic mass is 35.5. The number of carbonyl (C=O) groups is 1. The van der Waals surface area contributed by atoms with E-state index in [1.807, 2.05) is 54.8 Å². The number of aromatic nitrogens is 3. The molecule has 0 radical (unpaired) electrons. The van der Waals surface area contributed by atoms with Gasteiger partial charge in [0, 0.05) is 21.3 Å². The van der Waals surface area contributed by atoms with E-state index in [-0.39, 0.29) is 17.4 Å². The van der Waals surface area contributed by atoms with Crippen LogP contribution < -0.4 is 5.32 Å². The molecule has 1 N–H and O–H groups in total. The van der Waals surface area contributed by atoms with Gasteiger partial charge in [0.25, 0.3) is 0 Å². The molecule has 1 heterocycles. The maximum Gasteiger partial charge on any atom is 0.233 e. The number of carbonyl (C=O) groups excluding carboxylic acids is 1. The Morgan fingerprint density at radius 1 is 0.946 bits per heavy atom. The molecule has 0 aliphatic rings. The van der Waals surface area contributed by atoms with Crippen LogP contribution in [0.3, 0.4) is 0 Å². The average molecular weight is 554 g/mol. The fourth-order valence-corrected chi connectivity index (χ4v) is 5.38. The molecule has 0 bridgehead atoms. The van der Waals surface area contributed by atoms with Gasteiger partial charge in [-0.25, -0.2) is 0 Å². The van der Waals surface area contributed by atoms with E-state index in [0.717, 1.165) is 22.6 Å². The number of thioether (sulfide) groups is 1. The molecule has 3 aromatic carbocycles. The van der Waals surface area contributed by atoms with Crippen molar-refractivity contribution in [3.05, 3.63) is 94.0 Å². The van der Waals surface area contributed by atoms with Crippen molar-refractivity contribution in [2.75, 3.05) is 0 Å². The van der Waals surface area contributed by atoms with Gasteiger partial charge in [-0.1, -0.05) is 104 Å². The predicted molar refractivity (Wildman–Crippen MR) is 154 cm³/mol. The first kappa shape index (κ1) is 27.2. The van der Waals surface area contributed by atoms with Crippen molar-refractivity contribution in [3.63, 3.8) is 0 Å². The van der Waals surface area contributed by atoms with Crippen LogP contribution in [0.2, 0.25) is 10.0 Å². The van der Waals surface area contributed by atoms with E-state index in [2.05, 4.69) is 60.6 Å². The van der Waals surface area contributed by atoms with E-state index in [4.69, 9.17) is 23.2 Å². The molecule has 1 aromatic heterocycles. The van der Waals surface area contributed by atoms with Crippen molar-refractivity contribution in [1.29, 1.82) is 0 Å². The molecule has 0 fully saturated rings. The minimum Gasteiger partial charge on any atom is -0.349 e. The highest BCUT2D eigenvalue weighted by Crippen LogP contribution is 2.32. The van der Waals surface area contributed by atoms with E-state index in [1.54, 1.807) is 12.1 Å². The predicted octanol–water partition coefficient (Wildman–Crippen LogP) is 7.90. The van der Waals surface area contributed by atoms with Gasteiger partial charge in [-0.3, -0.25) is 9.36 Å². The Kier molecular flexibility index (Phi) is 8.32. The van der Waals surface area contributed by atoms with Gasteiger partial charge in [0.05, 0.1) is 11.3 Å². The monoisotopic (exact) mass is 552 g/mol. The molecule has 37 heavy (non-hydrogen) atoms.